The van der Waals surface area contributed by atoms with E-state index in [-0.39, 0.29) is 6.03 Å². The van der Waals surface area contributed by atoms with Gasteiger partial charge in [0.15, 0.2) is 0 Å². The molecule has 6 nitrogen and oxygen atoms in total. The normalized spacial score (nSPS) is 10.4. The first kappa shape index (κ1) is 12.2. The van der Waals surface area contributed by atoms with Crippen LogP contribution in [0.25, 0.3) is 10.9 Å². The number of nitrogens with zero attached hydrogens (tertiary/aromatic N) is 3. The molecule has 3 rings (SSSR count). The van der Waals surface area contributed by atoms with Crippen LogP contribution >= 0.6 is 0 Å². The molecule has 6 heteroatoms. The summed E-state index contributed by atoms with van der Waals surface area (Å²) in [6.45, 7) is 0. The molecule has 0 spiro atoms. The van der Waals surface area contributed by atoms with Gasteiger partial charge in [-0.25, -0.2) is 9.78 Å². The van der Waals surface area contributed by atoms with E-state index in [9.17, 15) is 4.79 Å². The number of anilines is 2. The van der Waals surface area contributed by atoms with Gasteiger partial charge in [0.1, 0.15) is 5.82 Å². The maximum atomic E-state index is 11.9. The van der Waals surface area contributed by atoms with Crippen LogP contribution in [0, 0.1) is 0 Å². The minimum Gasteiger partial charge on any atom is -0.308 e. The highest BCUT2D eigenvalue weighted by molar-refractivity contribution is 6.00. The summed E-state index contributed by atoms with van der Waals surface area (Å²) in [6, 6.07) is 10.6. The van der Waals surface area contributed by atoms with Gasteiger partial charge in [-0.3, -0.25) is 10.00 Å². The predicted molar refractivity (Wildman–Crippen MR) is 77.6 cm³/mol. The molecule has 0 atom stereocenters. The molecular weight excluding hydrogens is 254 g/mol. The van der Waals surface area contributed by atoms with Crippen molar-refractivity contribution < 1.29 is 4.79 Å². The number of carbonyl (C=O) groups excluding carboxylic acids is 1. The van der Waals surface area contributed by atoms with Crippen molar-refractivity contribution in [3.63, 3.8) is 0 Å². The summed E-state index contributed by atoms with van der Waals surface area (Å²) >= 11 is 0. The van der Waals surface area contributed by atoms with Crippen LogP contribution in [0.2, 0.25) is 0 Å². The number of fused-ring (bicyclic) bond motifs is 1. The first-order valence-corrected chi connectivity index (χ1v) is 6.13. The molecule has 0 aliphatic carbocycles. The van der Waals surface area contributed by atoms with Crippen LogP contribution in [-0.2, 0) is 7.05 Å². The first-order chi connectivity index (χ1) is 9.72. The summed E-state index contributed by atoms with van der Waals surface area (Å²) in [4.78, 5) is 15.9. The number of nitrogens with one attached hydrogen (secondary N) is 2. The Balaban J connectivity index is 1.75. The van der Waals surface area contributed by atoms with Crippen molar-refractivity contribution in [1.82, 2.24) is 14.8 Å². The van der Waals surface area contributed by atoms with Gasteiger partial charge in [0, 0.05) is 24.3 Å². The molecule has 0 fully saturated rings. The number of urea groups is 1. The number of carbonyl (C=O) groups is 1. The zero-order chi connectivity index (χ0) is 13.9. The fraction of sp³-hybridized carbons (Fsp3) is 0.0714. The second kappa shape index (κ2) is 5.00. The van der Waals surface area contributed by atoms with Crippen molar-refractivity contribution in [2.75, 3.05) is 10.6 Å². The van der Waals surface area contributed by atoms with Crippen LogP contribution in [0.3, 0.4) is 0 Å². The van der Waals surface area contributed by atoms with Gasteiger partial charge in [0.05, 0.1) is 11.7 Å². The summed E-state index contributed by atoms with van der Waals surface area (Å²) < 4.78 is 1.76. The molecule has 20 heavy (non-hydrogen) atoms. The number of pyridine rings is 1. The van der Waals surface area contributed by atoms with Crippen LogP contribution in [0.5, 0.6) is 0 Å². The molecule has 2 heterocycles. The molecule has 0 unspecified atom stereocenters. The number of hydrogen-bond donors (Lipinski definition) is 2. The van der Waals surface area contributed by atoms with Crippen molar-refractivity contribution >= 4 is 28.4 Å². The minimum absolute atomic E-state index is 0.329. The quantitative estimate of drug-likeness (QED) is 0.749. The topological polar surface area (TPSA) is 71.8 Å². The molecule has 0 bridgehead atoms. The van der Waals surface area contributed by atoms with E-state index in [0.717, 1.165) is 10.9 Å². The fourth-order valence-electron chi connectivity index (χ4n) is 1.94. The summed E-state index contributed by atoms with van der Waals surface area (Å²) in [7, 11) is 1.86. The van der Waals surface area contributed by atoms with E-state index < -0.39 is 0 Å². The molecule has 3 aromatic rings. The lowest BCUT2D eigenvalue weighted by Crippen LogP contribution is -2.19. The van der Waals surface area contributed by atoms with Crippen LogP contribution in [0.4, 0.5) is 16.3 Å². The molecule has 0 saturated heterocycles. The van der Waals surface area contributed by atoms with Gasteiger partial charge in [-0.1, -0.05) is 6.07 Å². The maximum absolute atomic E-state index is 11.9. The van der Waals surface area contributed by atoms with Gasteiger partial charge >= 0.3 is 6.03 Å². The predicted octanol–water partition coefficient (Wildman–Crippen LogP) is 2.61. The molecule has 2 amide bonds. The third-order valence-corrected chi connectivity index (χ3v) is 2.91. The molecule has 0 saturated carbocycles. The third kappa shape index (κ3) is 2.44. The number of amides is 2. The van der Waals surface area contributed by atoms with Crippen molar-refractivity contribution in [2.45, 2.75) is 0 Å². The van der Waals surface area contributed by atoms with E-state index in [2.05, 4.69) is 20.7 Å². The highest BCUT2D eigenvalue weighted by Crippen LogP contribution is 2.18. The van der Waals surface area contributed by atoms with Crippen molar-refractivity contribution in [2.24, 2.45) is 7.05 Å². The molecule has 0 aliphatic rings. The van der Waals surface area contributed by atoms with E-state index in [0.29, 0.717) is 11.5 Å². The molecule has 100 valence electrons. The zero-order valence-corrected chi connectivity index (χ0v) is 10.9. The Morgan fingerprint density at radius 3 is 2.90 bits per heavy atom. The van der Waals surface area contributed by atoms with Gasteiger partial charge in [0.25, 0.3) is 0 Å². The van der Waals surface area contributed by atoms with Gasteiger partial charge in [0.2, 0.25) is 0 Å². The number of hydrogen-bond acceptors (Lipinski definition) is 3. The highest BCUT2D eigenvalue weighted by Gasteiger charge is 2.05. The van der Waals surface area contributed by atoms with Gasteiger partial charge in [-0.15, -0.1) is 0 Å². The zero-order valence-electron chi connectivity index (χ0n) is 10.9. The first-order valence-electron chi connectivity index (χ1n) is 6.13. The Bertz CT molecular complexity index is 751. The van der Waals surface area contributed by atoms with E-state index in [1.807, 2.05) is 31.3 Å². The van der Waals surface area contributed by atoms with Gasteiger partial charge < -0.3 is 5.32 Å². The van der Waals surface area contributed by atoms with E-state index in [4.69, 9.17) is 0 Å². The van der Waals surface area contributed by atoms with Crippen molar-refractivity contribution in [3.8, 4) is 0 Å². The minimum atomic E-state index is -0.329. The average molecular weight is 267 g/mol. The summed E-state index contributed by atoms with van der Waals surface area (Å²) in [5.41, 5.74) is 1.66. The van der Waals surface area contributed by atoms with E-state index in [1.165, 1.54) is 0 Å². The number of benzene rings is 1. The fourth-order valence-corrected chi connectivity index (χ4v) is 1.94. The van der Waals surface area contributed by atoms with E-state index in [1.54, 1.807) is 29.2 Å². The number of aromatic nitrogens is 3. The van der Waals surface area contributed by atoms with Gasteiger partial charge in [-0.05, 0) is 30.3 Å². The van der Waals surface area contributed by atoms with Crippen molar-refractivity contribution in [1.29, 1.82) is 0 Å². The maximum Gasteiger partial charge on any atom is 0.324 e. The molecular formula is C14H13N5O. The van der Waals surface area contributed by atoms with Crippen molar-refractivity contribution in [3.05, 3.63) is 48.8 Å². The number of aryl methyl sites for hydroxylation is 1. The summed E-state index contributed by atoms with van der Waals surface area (Å²) in [5.74, 6) is 0.506. The molecule has 0 aliphatic heterocycles. The Morgan fingerprint density at radius 1 is 1.20 bits per heavy atom. The van der Waals surface area contributed by atoms with Gasteiger partial charge in [-0.2, -0.15) is 5.10 Å². The monoisotopic (exact) mass is 267 g/mol. The van der Waals surface area contributed by atoms with Crippen LogP contribution in [-0.4, -0.2) is 20.8 Å². The standard InChI is InChI=1S/C14H13N5O/c1-19-12-8-11(6-5-10(12)9-16-19)17-14(20)18-13-4-2-3-7-15-13/h2-9H,1H3,(H2,15,17,18,20). The second-order valence-electron chi connectivity index (χ2n) is 4.34. The molecule has 2 N–H and O–H groups in total. The lowest BCUT2D eigenvalue weighted by Gasteiger charge is -2.07. The Hall–Kier alpha value is -2.89. The average Bonchev–Trinajstić information content (AvgIpc) is 2.81. The Morgan fingerprint density at radius 2 is 2.10 bits per heavy atom. The smallest absolute Gasteiger partial charge is 0.308 e. The Kier molecular flexibility index (Phi) is 3.04. The SMILES string of the molecule is Cn1ncc2ccc(NC(=O)Nc3ccccn3)cc21. The molecule has 2 aromatic heterocycles. The lowest BCUT2D eigenvalue weighted by molar-refractivity contribution is 0.262. The molecule has 1 aromatic carbocycles. The van der Waals surface area contributed by atoms with E-state index >= 15 is 0 Å². The van der Waals surface area contributed by atoms with Crippen LogP contribution in [0.1, 0.15) is 0 Å². The third-order valence-electron chi connectivity index (χ3n) is 2.91. The summed E-state index contributed by atoms with van der Waals surface area (Å²) in [6.07, 6.45) is 3.41. The highest BCUT2D eigenvalue weighted by atomic mass is 16.2. The van der Waals surface area contributed by atoms with Crippen LogP contribution in [0.15, 0.2) is 48.8 Å². The van der Waals surface area contributed by atoms with Crippen LogP contribution < -0.4 is 10.6 Å². The summed E-state index contributed by atoms with van der Waals surface area (Å²) in [5, 5.41) is 10.6. The molecule has 0 radical (unpaired) electrons. The largest absolute Gasteiger partial charge is 0.324 e. The second-order valence-corrected chi connectivity index (χ2v) is 4.34. The number of rotatable bonds is 2. The lowest BCUT2D eigenvalue weighted by atomic mass is 10.2. The Labute approximate surface area is 115 Å².